The monoisotopic (exact) mass is 201 g/mol. The molecule has 0 radical (unpaired) electrons. The Morgan fingerprint density at radius 3 is 2.79 bits per heavy atom. The van der Waals surface area contributed by atoms with Gasteiger partial charge in [0, 0.05) is 6.04 Å². The van der Waals surface area contributed by atoms with Crippen LogP contribution in [0.2, 0.25) is 0 Å². The Kier molecular flexibility index (Phi) is 4.35. The molecule has 1 rings (SSSR count). The van der Waals surface area contributed by atoms with Crippen LogP contribution in [0.15, 0.2) is 0 Å². The molecule has 0 aromatic carbocycles. The number of rotatable bonds is 5. The van der Waals surface area contributed by atoms with Crippen molar-refractivity contribution in [3.8, 4) is 0 Å². The molecule has 1 aliphatic rings. The molecule has 4 heteroatoms. The van der Waals surface area contributed by atoms with Crippen molar-refractivity contribution >= 4 is 5.97 Å². The van der Waals surface area contributed by atoms with Crippen molar-refractivity contribution in [3.05, 3.63) is 0 Å². The summed E-state index contributed by atoms with van der Waals surface area (Å²) >= 11 is 0. The number of aliphatic hydroxyl groups excluding tert-OH is 1. The van der Waals surface area contributed by atoms with Crippen LogP contribution < -0.4 is 5.32 Å². The van der Waals surface area contributed by atoms with Crippen LogP contribution in [0, 0.1) is 5.92 Å². The third-order valence-corrected chi connectivity index (χ3v) is 2.75. The van der Waals surface area contributed by atoms with Gasteiger partial charge in [-0.15, -0.1) is 0 Å². The van der Waals surface area contributed by atoms with Gasteiger partial charge in [-0.2, -0.15) is 0 Å². The summed E-state index contributed by atoms with van der Waals surface area (Å²) in [6.07, 6.45) is 2.81. The van der Waals surface area contributed by atoms with Crippen LogP contribution in [0.3, 0.4) is 0 Å². The summed E-state index contributed by atoms with van der Waals surface area (Å²) in [5, 5.41) is 21.0. The lowest BCUT2D eigenvalue weighted by Crippen LogP contribution is -2.32. The molecule has 1 saturated carbocycles. The first-order valence-corrected chi connectivity index (χ1v) is 5.21. The summed E-state index contributed by atoms with van der Waals surface area (Å²) in [6.45, 7) is 2.70. The molecule has 0 amide bonds. The number of hydrogen-bond donors (Lipinski definition) is 3. The summed E-state index contributed by atoms with van der Waals surface area (Å²) in [7, 11) is 0. The minimum atomic E-state index is -0.767. The van der Waals surface area contributed by atoms with Gasteiger partial charge in [-0.1, -0.05) is 0 Å². The van der Waals surface area contributed by atoms with Crippen LogP contribution >= 0.6 is 0 Å². The summed E-state index contributed by atoms with van der Waals surface area (Å²) < 4.78 is 0. The Morgan fingerprint density at radius 1 is 1.57 bits per heavy atom. The van der Waals surface area contributed by atoms with Crippen molar-refractivity contribution in [3.63, 3.8) is 0 Å². The third kappa shape index (κ3) is 4.07. The fourth-order valence-electron chi connectivity index (χ4n) is 1.94. The number of aliphatic hydroxyl groups is 1. The molecule has 3 atom stereocenters. The minimum Gasteiger partial charge on any atom is -0.481 e. The van der Waals surface area contributed by atoms with Gasteiger partial charge in [0.25, 0.3) is 0 Å². The van der Waals surface area contributed by atoms with Crippen molar-refractivity contribution in [2.75, 3.05) is 6.54 Å². The molecule has 1 fully saturated rings. The van der Waals surface area contributed by atoms with Crippen molar-refractivity contribution in [2.24, 2.45) is 5.92 Å². The molecule has 0 bridgehead atoms. The fourth-order valence-corrected chi connectivity index (χ4v) is 1.94. The minimum absolute atomic E-state index is 0.0187. The van der Waals surface area contributed by atoms with Crippen LogP contribution in [0.4, 0.5) is 0 Å². The van der Waals surface area contributed by atoms with Gasteiger partial charge in [-0.25, -0.2) is 0 Å². The van der Waals surface area contributed by atoms with Crippen LogP contribution in [0.25, 0.3) is 0 Å². The quantitative estimate of drug-likeness (QED) is 0.609. The number of carbonyl (C=O) groups is 1. The Hall–Kier alpha value is -0.610. The van der Waals surface area contributed by atoms with E-state index in [4.69, 9.17) is 5.11 Å². The van der Waals surface area contributed by atoms with Gasteiger partial charge in [0.2, 0.25) is 0 Å². The van der Waals surface area contributed by atoms with Crippen molar-refractivity contribution in [1.82, 2.24) is 5.32 Å². The largest absolute Gasteiger partial charge is 0.481 e. The van der Waals surface area contributed by atoms with E-state index in [9.17, 15) is 9.90 Å². The van der Waals surface area contributed by atoms with Crippen molar-refractivity contribution in [2.45, 2.75) is 44.8 Å². The van der Waals surface area contributed by atoms with E-state index in [1.54, 1.807) is 0 Å². The van der Waals surface area contributed by atoms with E-state index in [-0.39, 0.29) is 18.6 Å². The number of nitrogens with one attached hydrogen (secondary N) is 1. The van der Waals surface area contributed by atoms with E-state index >= 15 is 0 Å². The smallest absolute Gasteiger partial charge is 0.304 e. The van der Waals surface area contributed by atoms with E-state index in [1.165, 1.54) is 0 Å². The topological polar surface area (TPSA) is 69.6 Å². The maximum atomic E-state index is 10.4. The maximum absolute atomic E-state index is 10.4. The average molecular weight is 201 g/mol. The average Bonchev–Trinajstić information content (AvgIpc) is 2.47. The molecular weight excluding hydrogens is 182 g/mol. The van der Waals surface area contributed by atoms with Crippen LogP contribution in [-0.2, 0) is 4.79 Å². The molecule has 0 aromatic heterocycles. The van der Waals surface area contributed by atoms with Gasteiger partial charge >= 0.3 is 5.97 Å². The highest BCUT2D eigenvalue weighted by Gasteiger charge is 2.22. The van der Waals surface area contributed by atoms with E-state index in [2.05, 4.69) is 5.32 Å². The van der Waals surface area contributed by atoms with Crippen molar-refractivity contribution < 1.29 is 15.0 Å². The molecule has 3 unspecified atom stereocenters. The number of aliphatic carboxylic acids is 1. The maximum Gasteiger partial charge on any atom is 0.304 e. The number of carboxylic acid groups (broad SMARTS) is 1. The zero-order valence-corrected chi connectivity index (χ0v) is 8.57. The van der Waals surface area contributed by atoms with Gasteiger partial charge in [0.05, 0.1) is 12.5 Å². The van der Waals surface area contributed by atoms with Crippen LogP contribution in [0.1, 0.15) is 32.6 Å². The lowest BCUT2D eigenvalue weighted by atomic mass is 10.1. The lowest BCUT2D eigenvalue weighted by molar-refractivity contribution is -0.137. The van der Waals surface area contributed by atoms with Crippen LogP contribution in [0.5, 0.6) is 0 Å². The second-order valence-corrected chi connectivity index (χ2v) is 4.24. The SMILES string of the molecule is CC(CC(=O)O)NCC1CCC(O)C1. The zero-order chi connectivity index (χ0) is 10.6. The fraction of sp³-hybridized carbons (Fsp3) is 0.900. The first-order valence-electron chi connectivity index (χ1n) is 5.21. The first kappa shape index (κ1) is 11.5. The Labute approximate surface area is 84.3 Å². The highest BCUT2D eigenvalue weighted by molar-refractivity contribution is 5.67. The molecule has 0 spiro atoms. The lowest BCUT2D eigenvalue weighted by Gasteiger charge is -2.15. The summed E-state index contributed by atoms with van der Waals surface area (Å²) in [4.78, 5) is 10.4. The van der Waals surface area contributed by atoms with E-state index < -0.39 is 5.97 Å². The second kappa shape index (κ2) is 5.32. The Balaban J connectivity index is 2.11. The van der Waals surface area contributed by atoms with E-state index in [0.717, 1.165) is 25.8 Å². The second-order valence-electron chi connectivity index (χ2n) is 4.24. The first-order chi connectivity index (χ1) is 6.58. The summed E-state index contributed by atoms with van der Waals surface area (Å²) in [5.41, 5.74) is 0. The van der Waals surface area contributed by atoms with Gasteiger partial charge in [-0.3, -0.25) is 4.79 Å². The molecule has 4 nitrogen and oxygen atoms in total. The highest BCUT2D eigenvalue weighted by Crippen LogP contribution is 2.24. The van der Waals surface area contributed by atoms with Crippen molar-refractivity contribution in [1.29, 1.82) is 0 Å². The molecule has 0 aliphatic heterocycles. The summed E-state index contributed by atoms with van der Waals surface area (Å²) in [5.74, 6) is -0.252. The van der Waals surface area contributed by atoms with Crippen LogP contribution in [-0.4, -0.2) is 34.9 Å². The molecule has 0 saturated heterocycles. The standard InChI is InChI=1S/C10H19NO3/c1-7(4-10(13)14)11-6-8-2-3-9(12)5-8/h7-9,11-12H,2-6H2,1H3,(H,13,14). The summed E-state index contributed by atoms with van der Waals surface area (Å²) in [6, 6.07) is 0.0187. The Bertz CT molecular complexity index is 196. The van der Waals surface area contributed by atoms with Gasteiger partial charge in [0.15, 0.2) is 0 Å². The molecule has 0 aromatic rings. The molecule has 82 valence electrons. The van der Waals surface area contributed by atoms with Gasteiger partial charge in [-0.05, 0) is 38.6 Å². The van der Waals surface area contributed by atoms with E-state index in [1.807, 2.05) is 6.92 Å². The molecule has 3 N–H and O–H groups in total. The molecule has 1 aliphatic carbocycles. The predicted molar refractivity (Wildman–Crippen MR) is 53.1 cm³/mol. The number of carboxylic acids is 1. The zero-order valence-electron chi connectivity index (χ0n) is 8.57. The predicted octanol–water partition coefficient (Wildman–Crippen LogP) is 0.600. The molecule has 14 heavy (non-hydrogen) atoms. The molecular formula is C10H19NO3. The van der Waals surface area contributed by atoms with Gasteiger partial charge in [0.1, 0.15) is 0 Å². The molecule has 0 heterocycles. The third-order valence-electron chi connectivity index (χ3n) is 2.75. The highest BCUT2D eigenvalue weighted by atomic mass is 16.4. The normalized spacial score (nSPS) is 29.0. The Morgan fingerprint density at radius 2 is 2.29 bits per heavy atom. The number of hydrogen-bond acceptors (Lipinski definition) is 3. The van der Waals surface area contributed by atoms with Gasteiger partial charge < -0.3 is 15.5 Å². The van der Waals surface area contributed by atoms with E-state index in [0.29, 0.717) is 5.92 Å².